The molecule has 0 aliphatic carbocycles. The molecular weight excluding hydrogens is 356 g/mol. The number of benzene rings is 1. The highest BCUT2D eigenvalue weighted by Gasteiger charge is 2.21. The number of likely N-dealkylation sites (tertiary alicyclic amines) is 1. The summed E-state index contributed by atoms with van der Waals surface area (Å²) in [5, 5.41) is 6.33. The number of methoxy groups -OCH3 is 1. The number of aryl methyl sites for hydroxylation is 1. The van der Waals surface area contributed by atoms with Crippen molar-refractivity contribution in [2.24, 2.45) is 5.92 Å². The van der Waals surface area contributed by atoms with Gasteiger partial charge in [0.15, 0.2) is 0 Å². The first kappa shape index (κ1) is 20.2. The number of hydrogen-bond donors (Lipinski definition) is 2. The van der Waals surface area contributed by atoms with Crippen LogP contribution in [0.1, 0.15) is 18.5 Å². The lowest BCUT2D eigenvalue weighted by Crippen LogP contribution is -2.42. The minimum atomic E-state index is -0.645. The van der Waals surface area contributed by atoms with E-state index >= 15 is 0 Å². The zero-order chi connectivity index (χ0) is 19.9. The fourth-order valence-electron chi connectivity index (χ4n) is 3.54. The van der Waals surface area contributed by atoms with Crippen LogP contribution in [0.25, 0.3) is 10.9 Å². The number of fused-ring (bicyclic) bond motifs is 1. The second-order valence-electron chi connectivity index (χ2n) is 7.27. The number of carbonyl (C=O) groups excluding carboxylic acids is 2. The Balaban J connectivity index is 1.50. The highest BCUT2D eigenvalue weighted by molar-refractivity contribution is 6.40. The van der Waals surface area contributed by atoms with Crippen molar-refractivity contribution in [1.82, 2.24) is 15.2 Å². The van der Waals surface area contributed by atoms with Gasteiger partial charge in [-0.15, -0.1) is 0 Å². The van der Waals surface area contributed by atoms with Crippen LogP contribution in [0, 0.1) is 12.8 Å². The van der Waals surface area contributed by atoms with Crippen LogP contribution in [0.15, 0.2) is 30.3 Å². The van der Waals surface area contributed by atoms with E-state index in [0.29, 0.717) is 18.2 Å². The SMILES string of the molecule is COCCN1CCC(CNC(=O)C(=O)Nc2cc(C)nc3ccccc23)CC1. The lowest BCUT2D eigenvalue weighted by Gasteiger charge is -2.31. The van der Waals surface area contributed by atoms with Crippen LogP contribution >= 0.6 is 0 Å². The van der Waals surface area contributed by atoms with E-state index in [9.17, 15) is 9.59 Å². The van der Waals surface area contributed by atoms with E-state index in [1.807, 2.05) is 31.2 Å². The second-order valence-corrected chi connectivity index (χ2v) is 7.27. The van der Waals surface area contributed by atoms with Gasteiger partial charge in [0.2, 0.25) is 0 Å². The average molecular weight is 384 g/mol. The minimum absolute atomic E-state index is 0.402. The van der Waals surface area contributed by atoms with Gasteiger partial charge in [-0.05, 0) is 50.9 Å². The highest BCUT2D eigenvalue weighted by Crippen LogP contribution is 2.22. The van der Waals surface area contributed by atoms with Crippen molar-refractivity contribution in [3.8, 4) is 0 Å². The first-order valence-corrected chi connectivity index (χ1v) is 9.73. The third-order valence-electron chi connectivity index (χ3n) is 5.17. The molecular formula is C21H28N4O3. The summed E-state index contributed by atoms with van der Waals surface area (Å²) in [6.45, 7) is 6.07. The number of piperidine rings is 1. The van der Waals surface area contributed by atoms with Crippen molar-refractivity contribution in [2.75, 3.05) is 45.2 Å². The van der Waals surface area contributed by atoms with E-state index < -0.39 is 11.8 Å². The Morgan fingerprint density at radius 2 is 1.96 bits per heavy atom. The lowest BCUT2D eigenvalue weighted by atomic mass is 9.97. The Kier molecular flexibility index (Phi) is 6.95. The molecule has 1 aromatic carbocycles. The van der Waals surface area contributed by atoms with E-state index in [0.717, 1.165) is 55.7 Å². The molecule has 1 saturated heterocycles. The molecule has 0 bridgehead atoms. The number of para-hydroxylation sites is 1. The number of carbonyl (C=O) groups is 2. The number of nitrogens with zero attached hydrogens (tertiary/aromatic N) is 2. The first-order chi connectivity index (χ1) is 13.6. The molecule has 28 heavy (non-hydrogen) atoms. The maximum absolute atomic E-state index is 12.3. The van der Waals surface area contributed by atoms with Crippen LogP contribution in [0.2, 0.25) is 0 Å². The van der Waals surface area contributed by atoms with E-state index in [4.69, 9.17) is 4.74 Å². The molecule has 0 spiro atoms. The predicted octanol–water partition coefficient (Wildman–Crippen LogP) is 1.96. The third kappa shape index (κ3) is 5.27. The summed E-state index contributed by atoms with van der Waals surface area (Å²) in [5.41, 5.74) is 2.18. The zero-order valence-corrected chi connectivity index (χ0v) is 16.5. The Labute approximate surface area is 165 Å². The van der Waals surface area contributed by atoms with E-state index in [2.05, 4.69) is 20.5 Å². The van der Waals surface area contributed by atoms with Crippen LogP contribution in [-0.2, 0) is 14.3 Å². The Hall–Kier alpha value is -2.51. The van der Waals surface area contributed by atoms with Gasteiger partial charge in [0.25, 0.3) is 0 Å². The smallest absolute Gasteiger partial charge is 0.313 e. The molecule has 0 radical (unpaired) electrons. The van der Waals surface area contributed by atoms with Gasteiger partial charge in [-0.25, -0.2) is 0 Å². The van der Waals surface area contributed by atoms with E-state index in [-0.39, 0.29) is 0 Å². The molecule has 0 unspecified atom stereocenters. The van der Waals surface area contributed by atoms with Gasteiger partial charge in [0, 0.05) is 31.3 Å². The van der Waals surface area contributed by atoms with Gasteiger partial charge in [-0.3, -0.25) is 14.6 Å². The quantitative estimate of drug-likeness (QED) is 0.744. The fourth-order valence-corrected chi connectivity index (χ4v) is 3.54. The van der Waals surface area contributed by atoms with Gasteiger partial charge in [0.05, 0.1) is 17.8 Å². The largest absolute Gasteiger partial charge is 0.383 e. The van der Waals surface area contributed by atoms with Crippen molar-refractivity contribution < 1.29 is 14.3 Å². The minimum Gasteiger partial charge on any atom is -0.383 e. The molecule has 0 saturated carbocycles. The zero-order valence-electron chi connectivity index (χ0n) is 16.5. The molecule has 1 fully saturated rings. The standard InChI is InChI=1S/C21H28N4O3/c1-15-13-19(17-5-3-4-6-18(17)23-15)24-21(27)20(26)22-14-16-7-9-25(10-8-16)11-12-28-2/h3-6,13,16H,7-12,14H2,1-2H3,(H,22,26)(H,23,24,27). The number of amides is 2. The number of hydrogen-bond acceptors (Lipinski definition) is 5. The Morgan fingerprint density at radius 1 is 1.21 bits per heavy atom. The van der Waals surface area contributed by atoms with Crippen molar-refractivity contribution in [1.29, 1.82) is 0 Å². The highest BCUT2D eigenvalue weighted by atomic mass is 16.5. The van der Waals surface area contributed by atoms with E-state index in [1.54, 1.807) is 13.2 Å². The molecule has 2 amide bonds. The van der Waals surface area contributed by atoms with Crippen molar-refractivity contribution in [2.45, 2.75) is 19.8 Å². The predicted molar refractivity (Wildman–Crippen MR) is 109 cm³/mol. The third-order valence-corrected chi connectivity index (χ3v) is 5.17. The van der Waals surface area contributed by atoms with Crippen molar-refractivity contribution in [3.05, 3.63) is 36.0 Å². The van der Waals surface area contributed by atoms with Gasteiger partial charge in [-0.1, -0.05) is 18.2 Å². The lowest BCUT2D eigenvalue weighted by molar-refractivity contribution is -0.136. The normalized spacial score (nSPS) is 15.5. The molecule has 2 heterocycles. The topological polar surface area (TPSA) is 83.6 Å². The molecule has 1 aliphatic rings. The summed E-state index contributed by atoms with van der Waals surface area (Å²) in [5.74, 6) is -0.840. The molecule has 7 nitrogen and oxygen atoms in total. The van der Waals surface area contributed by atoms with Gasteiger partial charge in [0.1, 0.15) is 0 Å². The Bertz CT molecular complexity index is 832. The molecule has 150 valence electrons. The molecule has 1 aliphatic heterocycles. The number of aromatic nitrogens is 1. The maximum Gasteiger partial charge on any atom is 0.313 e. The number of anilines is 1. The number of pyridine rings is 1. The first-order valence-electron chi connectivity index (χ1n) is 9.73. The van der Waals surface area contributed by atoms with Gasteiger partial charge in [-0.2, -0.15) is 0 Å². The van der Waals surface area contributed by atoms with Gasteiger partial charge >= 0.3 is 11.8 Å². The summed E-state index contributed by atoms with van der Waals surface area (Å²) in [4.78, 5) is 31.4. The number of nitrogens with one attached hydrogen (secondary N) is 2. The van der Waals surface area contributed by atoms with Gasteiger partial charge < -0.3 is 20.3 Å². The van der Waals surface area contributed by atoms with Crippen LogP contribution < -0.4 is 10.6 Å². The molecule has 2 aromatic rings. The molecule has 7 heteroatoms. The van der Waals surface area contributed by atoms with E-state index in [1.165, 1.54) is 0 Å². The molecule has 0 atom stereocenters. The van der Waals surface area contributed by atoms with Crippen molar-refractivity contribution >= 4 is 28.4 Å². The monoisotopic (exact) mass is 384 g/mol. The maximum atomic E-state index is 12.3. The molecule has 3 rings (SSSR count). The summed E-state index contributed by atoms with van der Waals surface area (Å²) in [7, 11) is 1.71. The summed E-state index contributed by atoms with van der Waals surface area (Å²) < 4.78 is 5.11. The molecule has 2 N–H and O–H groups in total. The van der Waals surface area contributed by atoms with Crippen molar-refractivity contribution in [3.63, 3.8) is 0 Å². The summed E-state index contributed by atoms with van der Waals surface area (Å²) in [6.07, 6.45) is 2.03. The fraction of sp³-hybridized carbons (Fsp3) is 0.476. The van der Waals surface area contributed by atoms with Crippen LogP contribution in [0.4, 0.5) is 5.69 Å². The summed E-state index contributed by atoms with van der Waals surface area (Å²) >= 11 is 0. The molecule has 1 aromatic heterocycles. The van der Waals surface area contributed by atoms with Crippen LogP contribution in [-0.4, -0.2) is 61.6 Å². The number of rotatable bonds is 6. The van der Waals surface area contributed by atoms with Crippen LogP contribution in [0.3, 0.4) is 0 Å². The second kappa shape index (κ2) is 9.61. The number of ether oxygens (including phenoxy) is 1. The summed E-state index contributed by atoms with van der Waals surface area (Å²) in [6, 6.07) is 9.33. The average Bonchev–Trinajstić information content (AvgIpc) is 2.71. The Morgan fingerprint density at radius 3 is 2.71 bits per heavy atom. The van der Waals surface area contributed by atoms with Crippen LogP contribution in [0.5, 0.6) is 0 Å².